The number of rotatable bonds is 8. The second-order valence-corrected chi connectivity index (χ2v) is 5.76. The van der Waals surface area contributed by atoms with Crippen LogP contribution < -0.4 is 4.72 Å². The van der Waals surface area contributed by atoms with Gasteiger partial charge in [-0.15, -0.1) is 11.6 Å². The van der Waals surface area contributed by atoms with Gasteiger partial charge in [0.15, 0.2) is 0 Å². The van der Waals surface area contributed by atoms with Crippen LogP contribution in [0.25, 0.3) is 0 Å². The molecule has 0 saturated heterocycles. The molecule has 0 aromatic heterocycles. The SMILES string of the molecule is CCN(CC)CC(C)NS(=O)(=O)CCCl. The predicted molar refractivity (Wildman–Crippen MR) is 64.9 cm³/mol. The molecule has 4 nitrogen and oxygen atoms in total. The van der Waals surface area contributed by atoms with Gasteiger partial charge in [0.1, 0.15) is 0 Å². The molecular weight excluding hydrogens is 236 g/mol. The van der Waals surface area contributed by atoms with E-state index in [2.05, 4.69) is 23.5 Å². The van der Waals surface area contributed by atoms with Crippen LogP contribution in [-0.2, 0) is 10.0 Å². The van der Waals surface area contributed by atoms with Crippen molar-refractivity contribution in [3.05, 3.63) is 0 Å². The van der Waals surface area contributed by atoms with Crippen molar-refractivity contribution in [2.75, 3.05) is 31.3 Å². The van der Waals surface area contributed by atoms with Crippen LogP contribution in [0.5, 0.6) is 0 Å². The summed E-state index contributed by atoms with van der Waals surface area (Å²) in [5.41, 5.74) is 0. The highest BCUT2D eigenvalue weighted by Crippen LogP contribution is 1.95. The minimum Gasteiger partial charge on any atom is -0.302 e. The van der Waals surface area contributed by atoms with Crippen LogP contribution in [-0.4, -0.2) is 50.6 Å². The van der Waals surface area contributed by atoms with E-state index in [0.29, 0.717) is 0 Å². The first-order chi connectivity index (χ1) is 6.95. The van der Waals surface area contributed by atoms with E-state index in [0.717, 1.165) is 19.6 Å². The lowest BCUT2D eigenvalue weighted by Gasteiger charge is -2.23. The van der Waals surface area contributed by atoms with Crippen molar-refractivity contribution < 1.29 is 8.42 Å². The van der Waals surface area contributed by atoms with E-state index < -0.39 is 10.0 Å². The molecule has 0 rings (SSSR count). The Labute approximate surface area is 98.0 Å². The predicted octanol–water partition coefficient (Wildman–Crippen LogP) is 0.875. The molecule has 0 aromatic carbocycles. The Morgan fingerprint density at radius 1 is 1.33 bits per heavy atom. The van der Waals surface area contributed by atoms with Crippen molar-refractivity contribution in [1.29, 1.82) is 0 Å². The first kappa shape index (κ1) is 15.2. The number of sulfonamides is 1. The first-order valence-electron chi connectivity index (χ1n) is 5.23. The van der Waals surface area contributed by atoms with Gasteiger partial charge in [0.25, 0.3) is 0 Å². The molecule has 1 unspecified atom stereocenters. The van der Waals surface area contributed by atoms with Crippen LogP contribution in [0.4, 0.5) is 0 Å². The smallest absolute Gasteiger partial charge is 0.213 e. The average molecular weight is 257 g/mol. The Morgan fingerprint density at radius 3 is 2.27 bits per heavy atom. The molecule has 0 aromatic rings. The molecule has 0 saturated carbocycles. The molecule has 0 bridgehead atoms. The highest BCUT2D eigenvalue weighted by atomic mass is 35.5. The van der Waals surface area contributed by atoms with Gasteiger partial charge in [-0.1, -0.05) is 13.8 Å². The van der Waals surface area contributed by atoms with Crippen molar-refractivity contribution in [3.8, 4) is 0 Å². The topological polar surface area (TPSA) is 49.4 Å². The Bertz CT molecular complexity index is 253. The van der Waals surface area contributed by atoms with Gasteiger partial charge in [0.05, 0.1) is 5.75 Å². The quantitative estimate of drug-likeness (QED) is 0.656. The minimum atomic E-state index is -3.20. The number of alkyl halides is 1. The van der Waals surface area contributed by atoms with E-state index in [1.54, 1.807) is 0 Å². The fourth-order valence-electron chi connectivity index (χ4n) is 1.37. The number of nitrogens with zero attached hydrogens (tertiary/aromatic N) is 1. The molecule has 0 aliphatic heterocycles. The molecule has 0 heterocycles. The van der Waals surface area contributed by atoms with Gasteiger partial charge in [-0.25, -0.2) is 13.1 Å². The van der Waals surface area contributed by atoms with Crippen molar-refractivity contribution in [1.82, 2.24) is 9.62 Å². The summed E-state index contributed by atoms with van der Waals surface area (Å²) < 4.78 is 25.4. The summed E-state index contributed by atoms with van der Waals surface area (Å²) in [6, 6.07) is -0.0712. The fourth-order valence-corrected chi connectivity index (χ4v) is 2.99. The Morgan fingerprint density at radius 2 is 1.87 bits per heavy atom. The van der Waals surface area contributed by atoms with E-state index in [-0.39, 0.29) is 17.7 Å². The summed E-state index contributed by atoms with van der Waals surface area (Å²) in [5, 5.41) is 0. The lowest BCUT2D eigenvalue weighted by molar-refractivity contribution is 0.282. The van der Waals surface area contributed by atoms with Gasteiger partial charge in [0.2, 0.25) is 10.0 Å². The molecule has 0 amide bonds. The van der Waals surface area contributed by atoms with Crippen molar-refractivity contribution in [3.63, 3.8) is 0 Å². The number of hydrogen-bond acceptors (Lipinski definition) is 3. The highest BCUT2D eigenvalue weighted by molar-refractivity contribution is 7.89. The molecule has 0 aliphatic rings. The Hall–Kier alpha value is 0.160. The van der Waals surface area contributed by atoms with Gasteiger partial charge >= 0.3 is 0 Å². The lowest BCUT2D eigenvalue weighted by atomic mass is 10.3. The van der Waals surface area contributed by atoms with E-state index >= 15 is 0 Å². The first-order valence-corrected chi connectivity index (χ1v) is 7.42. The molecule has 15 heavy (non-hydrogen) atoms. The summed E-state index contributed by atoms with van der Waals surface area (Å²) >= 11 is 5.40. The molecule has 0 fully saturated rings. The Kier molecular flexibility index (Phi) is 7.52. The van der Waals surface area contributed by atoms with Crippen LogP contribution in [0.3, 0.4) is 0 Å². The fraction of sp³-hybridized carbons (Fsp3) is 1.00. The molecule has 0 radical (unpaired) electrons. The van der Waals surface area contributed by atoms with Crippen LogP contribution in [0, 0.1) is 0 Å². The maximum absolute atomic E-state index is 11.4. The third-order valence-electron chi connectivity index (χ3n) is 2.15. The zero-order chi connectivity index (χ0) is 11.9. The zero-order valence-corrected chi connectivity index (χ0v) is 11.2. The summed E-state index contributed by atoms with van der Waals surface area (Å²) in [6.07, 6.45) is 0. The van der Waals surface area contributed by atoms with Gasteiger partial charge < -0.3 is 4.90 Å². The number of nitrogens with one attached hydrogen (secondary N) is 1. The van der Waals surface area contributed by atoms with Crippen LogP contribution in [0.1, 0.15) is 20.8 Å². The van der Waals surface area contributed by atoms with Crippen LogP contribution in [0.2, 0.25) is 0 Å². The Balaban J connectivity index is 4.07. The summed E-state index contributed by atoms with van der Waals surface area (Å²) in [6.45, 7) is 8.57. The molecule has 0 spiro atoms. The molecule has 1 N–H and O–H groups in total. The van der Waals surface area contributed by atoms with Crippen molar-refractivity contribution in [2.24, 2.45) is 0 Å². The van der Waals surface area contributed by atoms with E-state index in [9.17, 15) is 8.42 Å². The van der Waals surface area contributed by atoms with Gasteiger partial charge in [-0.2, -0.15) is 0 Å². The van der Waals surface area contributed by atoms with Gasteiger partial charge in [-0.05, 0) is 20.0 Å². The normalized spacial score (nSPS) is 14.5. The maximum atomic E-state index is 11.4. The number of likely N-dealkylation sites (N-methyl/N-ethyl adjacent to an activating group) is 1. The number of halogens is 1. The molecular formula is C9H21ClN2O2S. The molecule has 1 atom stereocenters. The van der Waals surface area contributed by atoms with Crippen LogP contribution in [0.15, 0.2) is 0 Å². The molecule has 0 aliphatic carbocycles. The third-order valence-corrected chi connectivity index (χ3v) is 4.07. The van der Waals surface area contributed by atoms with E-state index in [1.165, 1.54) is 0 Å². The van der Waals surface area contributed by atoms with Crippen molar-refractivity contribution >= 4 is 21.6 Å². The summed E-state index contributed by atoms with van der Waals surface area (Å²) in [5.74, 6) is 0.116. The zero-order valence-electron chi connectivity index (χ0n) is 9.66. The monoisotopic (exact) mass is 256 g/mol. The highest BCUT2D eigenvalue weighted by Gasteiger charge is 2.15. The minimum absolute atomic E-state index is 0.0167. The summed E-state index contributed by atoms with van der Waals surface area (Å²) in [4.78, 5) is 2.17. The maximum Gasteiger partial charge on any atom is 0.213 e. The number of hydrogen-bond donors (Lipinski definition) is 1. The summed E-state index contributed by atoms with van der Waals surface area (Å²) in [7, 11) is -3.20. The van der Waals surface area contributed by atoms with E-state index in [4.69, 9.17) is 11.6 Å². The second kappa shape index (κ2) is 7.44. The lowest BCUT2D eigenvalue weighted by Crippen LogP contribution is -2.42. The molecule has 6 heteroatoms. The molecule has 92 valence electrons. The standard InChI is InChI=1S/C9H21ClN2O2S/c1-4-12(5-2)8-9(3)11-15(13,14)7-6-10/h9,11H,4-8H2,1-3H3. The van der Waals surface area contributed by atoms with Gasteiger partial charge in [-0.3, -0.25) is 0 Å². The largest absolute Gasteiger partial charge is 0.302 e. The van der Waals surface area contributed by atoms with Crippen LogP contribution >= 0.6 is 11.6 Å². The second-order valence-electron chi connectivity index (χ2n) is 3.51. The van der Waals surface area contributed by atoms with E-state index in [1.807, 2.05) is 6.92 Å². The third kappa shape index (κ3) is 7.11. The van der Waals surface area contributed by atoms with Gasteiger partial charge in [0, 0.05) is 18.5 Å². The van der Waals surface area contributed by atoms with Crippen molar-refractivity contribution in [2.45, 2.75) is 26.8 Å². The average Bonchev–Trinajstić information content (AvgIpc) is 2.13.